The molecule has 0 amide bonds. The molecule has 1 aromatic rings. The van der Waals surface area contributed by atoms with Gasteiger partial charge in [-0.05, 0) is 49.9 Å². The zero-order valence-corrected chi connectivity index (χ0v) is 17.7. The fraction of sp³-hybridized carbons (Fsp3) is 0.450. The van der Waals surface area contributed by atoms with E-state index < -0.39 is 11.9 Å². The minimum absolute atomic E-state index is 0.353. The molecule has 2 bridgehead atoms. The summed E-state index contributed by atoms with van der Waals surface area (Å²) in [5.74, 6) is -1.74. The largest absolute Gasteiger partial charge is 0.478 e. The van der Waals surface area contributed by atoms with Crippen LogP contribution in [0.15, 0.2) is 35.5 Å². The molecule has 7 nitrogen and oxygen atoms in total. The van der Waals surface area contributed by atoms with Crippen molar-refractivity contribution in [1.82, 2.24) is 4.90 Å². The number of benzene rings is 1. The molecule has 3 rings (SSSR count). The summed E-state index contributed by atoms with van der Waals surface area (Å²) >= 11 is 12.2. The minimum atomic E-state index is -1.26. The normalized spacial score (nSPS) is 26.3. The lowest BCUT2D eigenvalue weighted by atomic mass is 9.77. The second-order valence-corrected chi connectivity index (χ2v) is 7.82. The van der Waals surface area contributed by atoms with Crippen LogP contribution in [0.1, 0.15) is 30.7 Å². The molecule has 9 heteroatoms. The summed E-state index contributed by atoms with van der Waals surface area (Å²) in [6.07, 6.45) is 6.70. The fourth-order valence-corrected chi connectivity index (χ4v) is 4.39. The van der Waals surface area contributed by atoms with E-state index in [1.165, 1.54) is 18.4 Å². The number of carbonyl (C=O) groups is 2. The molecule has 0 aliphatic carbocycles. The highest BCUT2D eigenvalue weighted by molar-refractivity contribution is 6.42. The Labute approximate surface area is 179 Å². The summed E-state index contributed by atoms with van der Waals surface area (Å²) in [6.45, 7) is 0. The summed E-state index contributed by atoms with van der Waals surface area (Å²) in [5.41, 5.74) is 1.25. The smallest absolute Gasteiger partial charge is 0.328 e. The molecule has 0 spiro atoms. The lowest BCUT2D eigenvalue weighted by Gasteiger charge is -2.41. The van der Waals surface area contributed by atoms with Crippen LogP contribution < -0.4 is 0 Å². The van der Waals surface area contributed by atoms with E-state index in [2.05, 4.69) is 23.2 Å². The lowest BCUT2D eigenvalue weighted by molar-refractivity contribution is -0.134. The number of halogens is 2. The Bertz CT molecular complexity index is 783. The van der Waals surface area contributed by atoms with Crippen LogP contribution in [0.2, 0.25) is 10.0 Å². The highest BCUT2D eigenvalue weighted by Crippen LogP contribution is 2.46. The van der Waals surface area contributed by atoms with Crippen LogP contribution in [0.4, 0.5) is 0 Å². The average Bonchev–Trinajstić information content (AvgIpc) is 2.91. The van der Waals surface area contributed by atoms with Gasteiger partial charge in [0.1, 0.15) is 7.11 Å². The van der Waals surface area contributed by atoms with E-state index in [0.29, 0.717) is 46.1 Å². The van der Waals surface area contributed by atoms with Crippen molar-refractivity contribution in [1.29, 1.82) is 0 Å². The van der Waals surface area contributed by atoms with Crippen LogP contribution in [0.3, 0.4) is 0 Å². The van der Waals surface area contributed by atoms with Crippen molar-refractivity contribution in [2.45, 2.75) is 37.3 Å². The number of hydrogen-bond acceptors (Lipinski definition) is 5. The van der Waals surface area contributed by atoms with Crippen LogP contribution in [0.5, 0.6) is 0 Å². The van der Waals surface area contributed by atoms with E-state index in [1.54, 1.807) is 7.11 Å². The zero-order valence-electron chi connectivity index (χ0n) is 16.2. The van der Waals surface area contributed by atoms with Crippen molar-refractivity contribution in [2.75, 3.05) is 14.2 Å². The highest BCUT2D eigenvalue weighted by Gasteiger charge is 2.45. The first-order valence-electron chi connectivity index (χ1n) is 9.12. The van der Waals surface area contributed by atoms with Crippen molar-refractivity contribution >= 4 is 41.4 Å². The fourth-order valence-electron chi connectivity index (χ4n) is 4.09. The second kappa shape index (κ2) is 10.6. The first-order valence-corrected chi connectivity index (χ1v) is 9.87. The average molecular weight is 443 g/mol. The topological polar surface area (TPSA) is 99.4 Å². The maximum absolute atomic E-state index is 9.55. The summed E-state index contributed by atoms with van der Waals surface area (Å²) < 4.78 is 0. The van der Waals surface area contributed by atoms with Crippen molar-refractivity contribution in [3.63, 3.8) is 0 Å². The third kappa shape index (κ3) is 6.19. The summed E-state index contributed by atoms with van der Waals surface area (Å²) in [7, 11) is 3.82. The van der Waals surface area contributed by atoms with Gasteiger partial charge in [-0.25, -0.2) is 9.59 Å². The third-order valence-corrected chi connectivity index (χ3v) is 6.15. The molecule has 2 saturated heterocycles. The standard InChI is InChI=1S/C16H20Cl2N2O.C4H4O4/c1-20-11-4-6-16(20)13(9-19-21-2)12(8-11)10-3-5-14(17)15(18)7-10;5-3(6)1-2-4(7)8/h3,5,7,9,11-13,16H,4,6,8H2,1-2H3;1-2H,(H,5,6)(H,7,8)/b19-9+;2-1-. The number of carboxylic acids is 2. The van der Waals surface area contributed by atoms with Gasteiger partial charge < -0.3 is 15.1 Å². The second-order valence-electron chi connectivity index (χ2n) is 7.00. The van der Waals surface area contributed by atoms with Gasteiger partial charge in [-0.3, -0.25) is 4.90 Å². The third-order valence-electron chi connectivity index (χ3n) is 5.41. The molecule has 0 aromatic heterocycles. The molecular formula is C20H24Cl2N2O5. The summed E-state index contributed by atoms with van der Waals surface area (Å²) in [5, 5.41) is 20.9. The predicted molar refractivity (Wildman–Crippen MR) is 112 cm³/mol. The number of piperidine rings is 1. The molecule has 2 fully saturated rings. The number of aliphatic carboxylic acids is 2. The van der Waals surface area contributed by atoms with Gasteiger partial charge in [0.05, 0.1) is 10.0 Å². The van der Waals surface area contributed by atoms with E-state index >= 15 is 0 Å². The van der Waals surface area contributed by atoms with Crippen molar-refractivity contribution in [3.05, 3.63) is 46.0 Å². The SMILES string of the molecule is CO/N=C/C1C(c2ccc(Cl)c(Cl)c2)CC2CCC1N2C.O=C(O)/C=C\C(=O)O. The molecule has 2 aliphatic rings. The van der Waals surface area contributed by atoms with Gasteiger partial charge in [-0.1, -0.05) is 34.4 Å². The maximum Gasteiger partial charge on any atom is 0.328 e. The Morgan fingerprint density at radius 2 is 1.83 bits per heavy atom. The predicted octanol–water partition coefficient (Wildman–Crippen LogP) is 3.90. The molecule has 0 saturated carbocycles. The number of fused-ring (bicyclic) bond motifs is 2. The van der Waals surface area contributed by atoms with Crippen LogP contribution in [0, 0.1) is 5.92 Å². The Morgan fingerprint density at radius 1 is 1.17 bits per heavy atom. The number of nitrogens with zero attached hydrogens (tertiary/aromatic N) is 2. The Balaban J connectivity index is 0.000000321. The molecule has 2 heterocycles. The Kier molecular flexibility index (Phi) is 8.49. The molecule has 2 aliphatic heterocycles. The van der Waals surface area contributed by atoms with Crippen LogP contribution in [-0.2, 0) is 14.4 Å². The number of rotatable bonds is 5. The van der Waals surface area contributed by atoms with Gasteiger partial charge in [0.15, 0.2) is 0 Å². The lowest BCUT2D eigenvalue weighted by Crippen LogP contribution is -2.46. The molecule has 0 radical (unpaired) electrons. The van der Waals surface area contributed by atoms with Crippen molar-refractivity contribution < 1.29 is 24.6 Å². The van der Waals surface area contributed by atoms with Gasteiger partial charge in [-0.2, -0.15) is 0 Å². The first-order chi connectivity index (χ1) is 13.7. The number of hydrogen-bond donors (Lipinski definition) is 2. The van der Waals surface area contributed by atoms with Gasteiger partial charge >= 0.3 is 11.9 Å². The minimum Gasteiger partial charge on any atom is -0.478 e. The quantitative estimate of drug-likeness (QED) is 0.407. The van der Waals surface area contributed by atoms with E-state index in [-0.39, 0.29) is 0 Å². The van der Waals surface area contributed by atoms with E-state index in [9.17, 15) is 9.59 Å². The van der Waals surface area contributed by atoms with Crippen LogP contribution in [-0.4, -0.2) is 59.5 Å². The van der Waals surface area contributed by atoms with E-state index in [0.717, 1.165) is 6.42 Å². The molecule has 29 heavy (non-hydrogen) atoms. The van der Waals surface area contributed by atoms with E-state index in [4.69, 9.17) is 38.3 Å². The van der Waals surface area contributed by atoms with E-state index in [1.807, 2.05) is 18.3 Å². The van der Waals surface area contributed by atoms with Gasteiger partial charge in [-0.15, -0.1) is 0 Å². The van der Waals surface area contributed by atoms with Crippen molar-refractivity contribution in [3.8, 4) is 0 Å². The highest BCUT2D eigenvalue weighted by atomic mass is 35.5. The Morgan fingerprint density at radius 3 is 2.38 bits per heavy atom. The molecule has 158 valence electrons. The van der Waals surface area contributed by atoms with Crippen LogP contribution in [0.25, 0.3) is 0 Å². The summed E-state index contributed by atoms with van der Waals surface area (Å²) in [4.78, 5) is 26.5. The number of carboxylic acid groups (broad SMARTS) is 2. The summed E-state index contributed by atoms with van der Waals surface area (Å²) in [6, 6.07) is 7.18. The van der Waals surface area contributed by atoms with Gasteiger partial charge in [0.25, 0.3) is 0 Å². The molecule has 2 N–H and O–H groups in total. The first kappa shape index (κ1) is 23.2. The molecule has 4 unspecified atom stereocenters. The monoisotopic (exact) mass is 442 g/mol. The number of oxime groups is 1. The molecular weight excluding hydrogens is 419 g/mol. The maximum atomic E-state index is 9.55. The van der Waals surface area contributed by atoms with Crippen LogP contribution >= 0.6 is 23.2 Å². The molecule has 1 aromatic carbocycles. The van der Waals surface area contributed by atoms with Gasteiger partial charge in [0.2, 0.25) is 0 Å². The Hall–Kier alpha value is -2.09. The van der Waals surface area contributed by atoms with Crippen molar-refractivity contribution in [2.24, 2.45) is 11.1 Å². The van der Waals surface area contributed by atoms with Gasteiger partial charge in [0, 0.05) is 36.4 Å². The zero-order chi connectivity index (χ0) is 21.6. The molecule has 4 atom stereocenters.